The van der Waals surface area contributed by atoms with Crippen molar-refractivity contribution in [3.63, 3.8) is 0 Å². The van der Waals surface area contributed by atoms with E-state index in [-0.39, 0.29) is 12.3 Å². The molecule has 1 N–H and O–H groups in total. The van der Waals surface area contributed by atoms with Gasteiger partial charge in [0.05, 0.1) is 12.1 Å². The lowest BCUT2D eigenvalue weighted by Crippen LogP contribution is -2.02. The largest absolute Gasteiger partial charge is 0.481 e. The molecule has 0 spiro atoms. The van der Waals surface area contributed by atoms with Crippen LogP contribution in [0.25, 0.3) is 21.8 Å². The molecule has 1 unspecified atom stereocenters. The summed E-state index contributed by atoms with van der Waals surface area (Å²) in [6, 6.07) is 7.59. The Morgan fingerprint density at radius 2 is 1.96 bits per heavy atom. The van der Waals surface area contributed by atoms with Crippen molar-refractivity contribution in [2.24, 2.45) is 0 Å². The van der Waals surface area contributed by atoms with Crippen molar-refractivity contribution < 1.29 is 9.90 Å². The van der Waals surface area contributed by atoms with E-state index in [1.807, 2.05) is 31.2 Å². The van der Waals surface area contributed by atoms with Gasteiger partial charge in [-0.05, 0) is 24.3 Å². The normalized spacial score (nSPS) is 12.0. The highest BCUT2D eigenvalue weighted by Gasteiger charge is 2.21. The van der Waals surface area contributed by atoms with Crippen molar-refractivity contribution in [2.45, 2.75) is 19.3 Å². The van der Waals surface area contributed by atoms with Crippen LogP contribution in [0, 0.1) is 0 Å². The second-order valence-electron chi connectivity index (χ2n) is 5.21. The SMILES string of the molecule is CC(CC(=O)O)c1sc(-c2ccncc2)nc1-c1cccnc1. The van der Waals surface area contributed by atoms with Gasteiger partial charge >= 0.3 is 5.97 Å². The minimum atomic E-state index is -0.812. The van der Waals surface area contributed by atoms with E-state index >= 15 is 0 Å². The van der Waals surface area contributed by atoms with Crippen molar-refractivity contribution in [1.82, 2.24) is 15.0 Å². The molecular formula is C17H15N3O2S. The van der Waals surface area contributed by atoms with Gasteiger partial charge in [-0.25, -0.2) is 4.98 Å². The molecule has 3 heterocycles. The van der Waals surface area contributed by atoms with E-state index in [4.69, 9.17) is 10.1 Å². The van der Waals surface area contributed by atoms with Crippen molar-refractivity contribution >= 4 is 17.3 Å². The summed E-state index contributed by atoms with van der Waals surface area (Å²) in [5.41, 5.74) is 2.68. The molecule has 0 amide bonds. The number of hydrogen-bond acceptors (Lipinski definition) is 5. The minimum absolute atomic E-state index is 0.0746. The van der Waals surface area contributed by atoms with Gasteiger partial charge in [-0.3, -0.25) is 14.8 Å². The van der Waals surface area contributed by atoms with Crippen LogP contribution in [-0.2, 0) is 4.79 Å². The standard InChI is InChI=1S/C17H15N3O2S/c1-11(9-14(21)22)16-15(13-3-2-6-19-10-13)20-17(23-16)12-4-7-18-8-5-12/h2-8,10-11H,9H2,1H3,(H,21,22). The lowest BCUT2D eigenvalue weighted by atomic mass is 10.0. The maximum atomic E-state index is 11.1. The fourth-order valence-corrected chi connectivity index (χ4v) is 3.49. The Balaban J connectivity index is 2.09. The monoisotopic (exact) mass is 325 g/mol. The molecule has 0 bridgehead atoms. The van der Waals surface area contributed by atoms with Crippen LogP contribution in [0.3, 0.4) is 0 Å². The number of nitrogens with zero attached hydrogens (tertiary/aromatic N) is 3. The molecule has 0 radical (unpaired) electrons. The van der Waals surface area contributed by atoms with Gasteiger partial charge in [0.15, 0.2) is 0 Å². The summed E-state index contributed by atoms with van der Waals surface area (Å²) in [5.74, 6) is -0.927. The van der Waals surface area contributed by atoms with E-state index in [1.165, 1.54) is 11.3 Å². The van der Waals surface area contributed by atoms with Gasteiger partial charge in [0.2, 0.25) is 0 Å². The van der Waals surface area contributed by atoms with E-state index in [0.717, 1.165) is 26.7 Å². The number of carboxylic acids is 1. The Morgan fingerprint density at radius 3 is 2.61 bits per heavy atom. The number of aliphatic carboxylic acids is 1. The first kappa shape index (κ1) is 15.3. The third kappa shape index (κ3) is 3.43. The molecule has 0 aromatic carbocycles. The van der Waals surface area contributed by atoms with Crippen LogP contribution in [-0.4, -0.2) is 26.0 Å². The number of carbonyl (C=O) groups is 1. The zero-order valence-corrected chi connectivity index (χ0v) is 13.3. The third-order valence-corrected chi connectivity index (χ3v) is 4.78. The molecule has 0 aliphatic heterocycles. The number of hydrogen-bond donors (Lipinski definition) is 1. The average Bonchev–Trinajstić information content (AvgIpc) is 3.01. The van der Waals surface area contributed by atoms with Crippen molar-refractivity contribution in [1.29, 1.82) is 0 Å². The second-order valence-corrected chi connectivity index (χ2v) is 6.24. The molecule has 0 saturated carbocycles. The molecule has 0 aliphatic carbocycles. The summed E-state index contributed by atoms with van der Waals surface area (Å²) in [7, 11) is 0. The first-order valence-corrected chi connectivity index (χ1v) is 8.00. The smallest absolute Gasteiger partial charge is 0.303 e. The zero-order valence-electron chi connectivity index (χ0n) is 12.5. The Kier molecular flexibility index (Phi) is 4.43. The maximum Gasteiger partial charge on any atom is 0.303 e. The predicted molar refractivity (Wildman–Crippen MR) is 89.2 cm³/mol. The lowest BCUT2D eigenvalue weighted by Gasteiger charge is -2.08. The van der Waals surface area contributed by atoms with Crippen molar-refractivity contribution in [2.75, 3.05) is 0 Å². The fraction of sp³-hybridized carbons (Fsp3) is 0.176. The fourth-order valence-electron chi connectivity index (χ4n) is 2.35. The quantitative estimate of drug-likeness (QED) is 0.771. The molecule has 1 atom stereocenters. The maximum absolute atomic E-state index is 11.1. The van der Waals surface area contributed by atoms with E-state index < -0.39 is 5.97 Å². The van der Waals surface area contributed by atoms with Gasteiger partial charge in [0.25, 0.3) is 0 Å². The topological polar surface area (TPSA) is 76.0 Å². The Hall–Kier alpha value is -2.60. The van der Waals surface area contributed by atoms with E-state index in [2.05, 4.69) is 9.97 Å². The summed E-state index contributed by atoms with van der Waals surface area (Å²) in [6.45, 7) is 1.91. The molecule has 6 heteroatoms. The number of rotatable bonds is 5. The van der Waals surface area contributed by atoms with Crippen LogP contribution in [0.15, 0.2) is 49.1 Å². The molecule has 0 saturated heterocycles. The number of carboxylic acid groups (broad SMARTS) is 1. The highest BCUT2D eigenvalue weighted by molar-refractivity contribution is 7.15. The lowest BCUT2D eigenvalue weighted by molar-refractivity contribution is -0.137. The van der Waals surface area contributed by atoms with E-state index in [1.54, 1.807) is 24.8 Å². The van der Waals surface area contributed by atoms with E-state index in [9.17, 15) is 4.79 Å². The first-order chi connectivity index (χ1) is 11.1. The van der Waals surface area contributed by atoms with Crippen LogP contribution < -0.4 is 0 Å². The highest BCUT2D eigenvalue weighted by atomic mass is 32.1. The first-order valence-electron chi connectivity index (χ1n) is 7.18. The Morgan fingerprint density at radius 1 is 1.17 bits per heavy atom. The number of thiazole rings is 1. The van der Waals surface area contributed by atoms with Gasteiger partial charge in [-0.1, -0.05) is 6.92 Å². The molecule has 3 aromatic rings. The average molecular weight is 325 g/mol. The van der Waals surface area contributed by atoms with Crippen LogP contribution in [0.1, 0.15) is 24.1 Å². The summed E-state index contributed by atoms with van der Waals surface area (Å²) in [4.78, 5) is 24.9. The molecule has 5 nitrogen and oxygen atoms in total. The van der Waals surface area contributed by atoms with Gasteiger partial charge in [0, 0.05) is 46.7 Å². The number of aromatic nitrogens is 3. The van der Waals surface area contributed by atoms with Gasteiger partial charge < -0.3 is 5.11 Å². The summed E-state index contributed by atoms with van der Waals surface area (Å²) >= 11 is 1.53. The van der Waals surface area contributed by atoms with Gasteiger partial charge in [-0.15, -0.1) is 11.3 Å². The van der Waals surface area contributed by atoms with Crippen LogP contribution in [0.4, 0.5) is 0 Å². The van der Waals surface area contributed by atoms with Gasteiger partial charge in [0.1, 0.15) is 5.01 Å². The minimum Gasteiger partial charge on any atom is -0.481 e. The van der Waals surface area contributed by atoms with Crippen molar-refractivity contribution in [3.8, 4) is 21.8 Å². The zero-order chi connectivity index (χ0) is 16.2. The highest BCUT2D eigenvalue weighted by Crippen LogP contribution is 2.38. The molecule has 3 aromatic heterocycles. The molecular weight excluding hydrogens is 310 g/mol. The predicted octanol–water partition coefficient (Wildman–Crippen LogP) is 3.85. The molecule has 116 valence electrons. The van der Waals surface area contributed by atoms with Crippen LogP contribution in [0.5, 0.6) is 0 Å². The van der Waals surface area contributed by atoms with E-state index in [0.29, 0.717) is 0 Å². The summed E-state index contributed by atoms with van der Waals surface area (Å²) in [5, 5.41) is 9.95. The molecule has 3 rings (SSSR count). The summed E-state index contributed by atoms with van der Waals surface area (Å²) < 4.78 is 0. The third-order valence-electron chi connectivity index (χ3n) is 3.44. The molecule has 23 heavy (non-hydrogen) atoms. The Bertz CT molecular complexity index is 803. The van der Waals surface area contributed by atoms with Crippen molar-refractivity contribution in [3.05, 3.63) is 53.9 Å². The van der Waals surface area contributed by atoms with Gasteiger partial charge in [-0.2, -0.15) is 0 Å². The second kappa shape index (κ2) is 6.66. The molecule has 0 fully saturated rings. The van der Waals surface area contributed by atoms with Crippen LogP contribution >= 0.6 is 11.3 Å². The molecule has 0 aliphatic rings. The summed E-state index contributed by atoms with van der Waals surface area (Å²) in [6.07, 6.45) is 6.98. The Labute approximate surface area is 137 Å². The number of pyridine rings is 2. The van der Waals surface area contributed by atoms with Crippen LogP contribution in [0.2, 0.25) is 0 Å².